The van der Waals surface area contributed by atoms with Crippen LogP contribution in [0.2, 0.25) is 0 Å². The number of carbonyl (C=O) groups excluding carboxylic acids is 3. The molecule has 2 amide bonds. The number of nitrogens with zero attached hydrogens (tertiary/aromatic N) is 1. The van der Waals surface area contributed by atoms with E-state index in [-0.39, 0.29) is 17.9 Å². The van der Waals surface area contributed by atoms with Crippen LogP contribution in [0.15, 0.2) is 47.4 Å². The van der Waals surface area contributed by atoms with Crippen molar-refractivity contribution >= 4 is 27.6 Å². The van der Waals surface area contributed by atoms with Gasteiger partial charge in [0.25, 0.3) is 5.91 Å². The summed E-state index contributed by atoms with van der Waals surface area (Å²) in [5, 5.41) is 5.02. The maximum absolute atomic E-state index is 13.2. The van der Waals surface area contributed by atoms with E-state index in [4.69, 9.17) is 0 Å². The van der Waals surface area contributed by atoms with E-state index in [0.717, 1.165) is 30.0 Å². The Morgan fingerprint density at radius 1 is 1.12 bits per heavy atom. The third-order valence-electron chi connectivity index (χ3n) is 5.16. The highest BCUT2D eigenvalue weighted by molar-refractivity contribution is 7.89. The molecule has 1 aliphatic rings. The monoisotopic (exact) mass is 476 g/mol. The van der Waals surface area contributed by atoms with Crippen LogP contribution < -0.4 is 15.4 Å². The second-order valence-corrected chi connectivity index (χ2v) is 9.77. The average Bonchev–Trinajstić information content (AvgIpc) is 2.76. The number of amides is 2. The van der Waals surface area contributed by atoms with Gasteiger partial charge in [0.15, 0.2) is 0 Å². The molecule has 2 bridgehead atoms. The zero-order valence-electron chi connectivity index (χ0n) is 18.2. The molecule has 1 aliphatic heterocycles. The summed E-state index contributed by atoms with van der Waals surface area (Å²) in [5.74, 6) is -3.54. The summed E-state index contributed by atoms with van der Waals surface area (Å²) >= 11 is 0. The second kappa shape index (κ2) is 10.2. The van der Waals surface area contributed by atoms with Crippen molar-refractivity contribution < 1.29 is 27.2 Å². The Labute approximate surface area is 191 Å². The molecule has 1 aromatic carbocycles. The second-order valence-electron chi connectivity index (χ2n) is 8.05. The van der Waals surface area contributed by atoms with E-state index in [9.17, 15) is 27.2 Å². The molecule has 2 heterocycles. The number of fused-ring (bicyclic) bond motifs is 2. The van der Waals surface area contributed by atoms with Crippen LogP contribution >= 0.6 is 0 Å². The van der Waals surface area contributed by atoms with Crippen LogP contribution in [-0.2, 0) is 37.2 Å². The highest BCUT2D eigenvalue weighted by Gasteiger charge is 2.33. The van der Waals surface area contributed by atoms with Crippen LogP contribution in [0.1, 0.15) is 25.2 Å². The number of sulfonamides is 1. The van der Waals surface area contributed by atoms with Crippen LogP contribution in [0.3, 0.4) is 0 Å². The zero-order valence-corrected chi connectivity index (χ0v) is 19.0. The minimum absolute atomic E-state index is 0.0264. The molecule has 1 aromatic heterocycles. The Hall–Kier alpha value is -3.18. The summed E-state index contributed by atoms with van der Waals surface area (Å²) in [6.07, 6.45) is 0.436. The van der Waals surface area contributed by atoms with Crippen LogP contribution in [-0.4, -0.2) is 49.6 Å². The molecule has 2 atom stereocenters. The van der Waals surface area contributed by atoms with E-state index in [1.165, 1.54) is 0 Å². The summed E-state index contributed by atoms with van der Waals surface area (Å²) in [5.41, 5.74) is 1.26. The van der Waals surface area contributed by atoms with Crippen LogP contribution in [0.5, 0.6) is 0 Å². The number of Topliss-reactive ketones (excluding diaryl/α,β-unsaturated/α-hetero) is 1. The lowest BCUT2D eigenvalue weighted by atomic mass is 10.0. The van der Waals surface area contributed by atoms with Crippen molar-refractivity contribution in [1.29, 1.82) is 0 Å². The lowest BCUT2D eigenvalue weighted by Gasteiger charge is -2.25. The summed E-state index contributed by atoms with van der Waals surface area (Å²) in [6, 6.07) is 6.95. The van der Waals surface area contributed by atoms with Gasteiger partial charge in [0, 0.05) is 30.8 Å². The highest BCUT2D eigenvalue weighted by Crippen LogP contribution is 2.14. The van der Waals surface area contributed by atoms with Gasteiger partial charge >= 0.3 is 0 Å². The van der Waals surface area contributed by atoms with Gasteiger partial charge in [-0.25, -0.2) is 12.8 Å². The van der Waals surface area contributed by atoms with E-state index >= 15 is 0 Å². The molecular formula is C22H25FN4O5S. The molecular weight excluding hydrogens is 451 g/mol. The number of ketones is 1. The quantitative estimate of drug-likeness (QED) is 0.520. The fourth-order valence-electron chi connectivity index (χ4n) is 3.35. The number of rotatable bonds is 6. The first kappa shape index (κ1) is 24.5. The number of carbonyl (C=O) groups is 3. The maximum Gasteiger partial charge on any atom is 0.289 e. The van der Waals surface area contributed by atoms with E-state index in [0.29, 0.717) is 12.1 Å². The highest BCUT2D eigenvalue weighted by atomic mass is 32.2. The van der Waals surface area contributed by atoms with Gasteiger partial charge < -0.3 is 10.6 Å². The molecule has 0 fully saturated rings. The Morgan fingerprint density at radius 3 is 2.45 bits per heavy atom. The minimum atomic E-state index is -4.15. The first-order valence-corrected chi connectivity index (χ1v) is 11.9. The summed E-state index contributed by atoms with van der Waals surface area (Å²) in [7, 11) is -4.15. The lowest BCUT2D eigenvalue weighted by molar-refractivity contribution is -0.140. The normalized spacial score (nSPS) is 17.9. The van der Waals surface area contributed by atoms with Gasteiger partial charge in [-0.2, -0.15) is 4.72 Å². The standard InChI is InChI=1S/C22H25FN4O5S/c1-13(2)19(27-33(31,32)17-8-6-14(23)7-9-17)21(29)26-18-12-16-5-3-4-15(25-16)10-11-24-22(30)20(18)28/h3-9,13,18-19,27H,10-12H2,1-2H3,(H,24,30)(H,26,29). The van der Waals surface area contributed by atoms with Crippen molar-refractivity contribution in [1.82, 2.24) is 20.3 Å². The minimum Gasteiger partial charge on any atom is -0.349 e. The van der Waals surface area contributed by atoms with Gasteiger partial charge in [0.05, 0.1) is 4.90 Å². The average molecular weight is 477 g/mol. The molecule has 3 N–H and O–H groups in total. The predicted octanol–water partition coefficient (Wildman–Crippen LogP) is 0.492. The van der Waals surface area contributed by atoms with Crippen molar-refractivity contribution in [2.24, 2.45) is 5.92 Å². The third-order valence-corrected chi connectivity index (χ3v) is 6.61. The molecule has 9 nitrogen and oxygen atoms in total. The number of hydrogen-bond donors (Lipinski definition) is 3. The molecule has 0 aliphatic carbocycles. The maximum atomic E-state index is 13.2. The SMILES string of the molecule is CC(C)C(NS(=O)(=O)c1ccc(F)cc1)C(=O)NC1Cc2cccc(n2)CCNC(=O)C1=O. The van der Waals surface area contributed by atoms with Crippen molar-refractivity contribution in [3.05, 3.63) is 59.7 Å². The predicted molar refractivity (Wildman–Crippen MR) is 117 cm³/mol. The van der Waals surface area contributed by atoms with E-state index in [2.05, 4.69) is 20.3 Å². The Bertz CT molecular complexity index is 1150. The largest absolute Gasteiger partial charge is 0.349 e. The summed E-state index contributed by atoms with van der Waals surface area (Å²) in [6.45, 7) is 3.47. The number of halogens is 1. The molecule has 0 saturated carbocycles. The van der Waals surface area contributed by atoms with Crippen molar-refractivity contribution in [3.63, 3.8) is 0 Å². The fourth-order valence-corrected chi connectivity index (χ4v) is 4.70. The molecule has 176 valence electrons. The molecule has 11 heteroatoms. The lowest BCUT2D eigenvalue weighted by Crippen LogP contribution is -2.56. The molecule has 0 saturated heterocycles. The first-order valence-electron chi connectivity index (χ1n) is 10.4. The zero-order chi connectivity index (χ0) is 24.2. The number of aromatic nitrogens is 1. The van der Waals surface area contributed by atoms with Gasteiger partial charge in [-0.1, -0.05) is 19.9 Å². The van der Waals surface area contributed by atoms with Crippen LogP contribution in [0, 0.1) is 11.7 Å². The molecule has 2 aromatic rings. The topological polar surface area (TPSA) is 134 Å². The van der Waals surface area contributed by atoms with Gasteiger partial charge in [-0.3, -0.25) is 19.4 Å². The van der Waals surface area contributed by atoms with Gasteiger partial charge in [0.2, 0.25) is 21.7 Å². The van der Waals surface area contributed by atoms with Gasteiger partial charge in [-0.15, -0.1) is 0 Å². The van der Waals surface area contributed by atoms with E-state index in [1.807, 2.05) is 0 Å². The molecule has 0 radical (unpaired) electrons. The van der Waals surface area contributed by atoms with Crippen molar-refractivity contribution in [2.45, 2.75) is 43.7 Å². The molecule has 33 heavy (non-hydrogen) atoms. The third kappa shape index (κ3) is 6.20. The van der Waals surface area contributed by atoms with Crippen LogP contribution in [0.4, 0.5) is 4.39 Å². The number of hydrogen-bond acceptors (Lipinski definition) is 6. The van der Waals surface area contributed by atoms with Gasteiger partial charge in [-0.05, 0) is 42.3 Å². The number of nitrogens with one attached hydrogen (secondary N) is 3. The summed E-state index contributed by atoms with van der Waals surface area (Å²) < 4.78 is 40.9. The first-order chi connectivity index (χ1) is 15.6. The molecule has 3 rings (SSSR count). The van der Waals surface area contributed by atoms with Crippen molar-refractivity contribution in [3.8, 4) is 0 Å². The van der Waals surface area contributed by atoms with E-state index in [1.54, 1.807) is 32.0 Å². The summed E-state index contributed by atoms with van der Waals surface area (Å²) in [4.78, 5) is 42.2. The fraction of sp³-hybridized carbons (Fsp3) is 0.364. The Balaban J connectivity index is 1.83. The molecule has 2 unspecified atom stereocenters. The van der Waals surface area contributed by atoms with Crippen LogP contribution in [0.25, 0.3) is 0 Å². The van der Waals surface area contributed by atoms with Gasteiger partial charge in [0.1, 0.15) is 17.9 Å². The Kier molecular flexibility index (Phi) is 7.54. The van der Waals surface area contributed by atoms with E-state index < -0.39 is 51.4 Å². The smallest absolute Gasteiger partial charge is 0.289 e. The van der Waals surface area contributed by atoms with Crippen molar-refractivity contribution in [2.75, 3.05) is 6.54 Å². The molecule has 0 spiro atoms. The number of pyridine rings is 1. The Morgan fingerprint density at radius 2 is 1.79 bits per heavy atom. The number of benzene rings is 1.